The molecule has 3 aliphatic carbocycles. The molecule has 0 N–H and O–H groups in total. The summed E-state index contributed by atoms with van der Waals surface area (Å²) in [5.74, 6) is 0. The lowest BCUT2D eigenvalue weighted by Crippen LogP contribution is -2.27. The zero-order valence-electron chi connectivity index (χ0n) is 59.2. The smallest absolute Gasteiger partial charge is 0.0465 e. The van der Waals surface area contributed by atoms with Crippen molar-refractivity contribution in [2.75, 3.05) is 4.90 Å². The molecule has 1 heteroatoms. The van der Waals surface area contributed by atoms with E-state index in [4.69, 9.17) is 0 Å². The van der Waals surface area contributed by atoms with Gasteiger partial charge in [-0.3, -0.25) is 0 Å². The first-order valence-electron chi connectivity index (χ1n) is 37.8. The predicted molar refractivity (Wildman–Crippen MR) is 416 cm³/mol. The van der Waals surface area contributed by atoms with E-state index in [1.807, 2.05) is 0 Å². The number of hydrogen-bond acceptors (Lipinski definition) is 1. The molecular formula is C95H103N. The Hall–Kier alpha value is -8.26. The van der Waals surface area contributed by atoms with Crippen LogP contribution in [0.3, 0.4) is 0 Å². The van der Waals surface area contributed by atoms with Crippen LogP contribution in [-0.4, -0.2) is 0 Å². The Kier molecular flexibility index (Phi) is 19.0. The van der Waals surface area contributed by atoms with Crippen molar-refractivity contribution in [2.45, 2.75) is 213 Å². The third-order valence-electron chi connectivity index (χ3n) is 23.3. The van der Waals surface area contributed by atoms with Gasteiger partial charge in [-0.1, -0.05) is 319 Å². The number of anilines is 3. The largest absolute Gasteiger partial charge is 0.310 e. The van der Waals surface area contributed by atoms with Crippen molar-refractivity contribution in [1.82, 2.24) is 0 Å². The Labute approximate surface area is 576 Å². The highest BCUT2D eigenvalue weighted by Crippen LogP contribution is 2.61. The SMILES string of the molecule is CCCCCCC1(CCCCCC)c2cc(-c3c4ccccc4c(-c4cccc(-c5ccccc5)c4)c4ccccc34)ccc2-c2ccc(N(c3ccc4c(c3)C(CCCC)(CCCC)c3cc(C)ccc3-4)c3ccc4c(c3)C(CCCC)(CCCC)c3cc(C)ccc3-4)cc21. The maximum atomic E-state index is 2.75. The Balaban J connectivity index is 0.992. The highest BCUT2D eigenvalue weighted by molar-refractivity contribution is 6.21. The van der Waals surface area contributed by atoms with Crippen molar-refractivity contribution in [2.24, 2.45) is 0 Å². The van der Waals surface area contributed by atoms with E-state index in [9.17, 15) is 0 Å². The first-order valence-corrected chi connectivity index (χ1v) is 37.8. The van der Waals surface area contributed by atoms with Crippen LogP contribution in [0.15, 0.2) is 212 Å². The van der Waals surface area contributed by atoms with Crippen LogP contribution in [-0.2, 0) is 16.2 Å². The van der Waals surface area contributed by atoms with Crippen molar-refractivity contribution >= 4 is 38.6 Å². The van der Waals surface area contributed by atoms with Gasteiger partial charge in [0.2, 0.25) is 0 Å². The summed E-state index contributed by atoms with van der Waals surface area (Å²) in [6.07, 6.45) is 26.4. The summed E-state index contributed by atoms with van der Waals surface area (Å²) in [5, 5.41) is 5.21. The number of benzene rings is 11. The number of unbranched alkanes of at least 4 members (excludes halogenated alkanes) is 10. The van der Waals surface area contributed by atoms with Gasteiger partial charge >= 0.3 is 0 Å². The predicted octanol–water partition coefficient (Wildman–Crippen LogP) is 28.6. The molecule has 1 nitrogen and oxygen atoms in total. The third-order valence-corrected chi connectivity index (χ3v) is 23.3. The minimum atomic E-state index is -0.187. The van der Waals surface area contributed by atoms with Crippen LogP contribution in [0.2, 0.25) is 0 Å². The van der Waals surface area contributed by atoms with E-state index in [1.165, 1.54) is 267 Å². The molecule has 0 aliphatic heterocycles. The fraction of sp³-hybridized carbons (Fsp3) is 0.347. The molecule has 0 amide bonds. The van der Waals surface area contributed by atoms with Crippen molar-refractivity contribution in [3.8, 4) is 66.8 Å². The molecule has 11 aromatic rings. The standard InChI is InChI=1S/C95H103N/c1-9-15-21-30-57-95(58-31-22-16-10-2)87-62-71(92-83-39-28-26-37-81(83)91(82-38-27-29-40-84(82)92)70-36-32-35-69(61-70)68-33-24-23-25-34-68)43-49-77(87)80-52-46-74(65-90(80)95)96(72-44-50-78-75-47-41-66(7)59-85(75)93(53-17-11-3,54-18-12-4)88(78)63-72)73-45-51-79-76-48-42-67(8)60-86(76)94(55-19-13-5,56-20-14-6)89(79)64-73/h23-29,32-52,59-65H,9-22,30-31,53-58H2,1-8H3. The van der Waals surface area contributed by atoms with Gasteiger partial charge in [0.25, 0.3) is 0 Å². The fourth-order valence-electron chi connectivity index (χ4n) is 18.5. The summed E-state index contributed by atoms with van der Waals surface area (Å²) < 4.78 is 0. The van der Waals surface area contributed by atoms with E-state index in [-0.39, 0.29) is 16.2 Å². The van der Waals surface area contributed by atoms with Gasteiger partial charge in [0, 0.05) is 33.3 Å². The van der Waals surface area contributed by atoms with Crippen LogP contribution in [0, 0.1) is 13.8 Å². The van der Waals surface area contributed by atoms with Crippen LogP contribution in [0.1, 0.15) is 227 Å². The maximum absolute atomic E-state index is 2.75. The molecule has 0 heterocycles. The maximum Gasteiger partial charge on any atom is 0.0465 e. The normalized spacial score (nSPS) is 14.2. The molecule has 0 saturated carbocycles. The fourth-order valence-corrected chi connectivity index (χ4v) is 18.5. The monoisotopic (exact) mass is 1260 g/mol. The van der Waals surface area contributed by atoms with Crippen molar-refractivity contribution < 1.29 is 0 Å². The number of hydrogen-bond donors (Lipinski definition) is 0. The van der Waals surface area contributed by atoms with Crippen LogP contribution >= 0.6 is 0 Å². The van der Waals surface area contributed by atoms with Crippen molar-refractivity contribution in [3.05, 3.63) is 257 Å². The Morgan fingerprint density at radius 1 is 0.240 bits per heavy atom. The minimum Gasteiger partial charge on any atom is -0.310 e. The van der Waals surface area contributed by atoms with E-state index in [0.29, 0.717) is 0 Å². The topological polar surface area (TPSA) is 3.24 Å². The number of rotatable bonds is 28. The molecule has 96 heavy (non-hydrogen) atoms. The summed E-state index contributed by atoms with van der Waals surface area (Å²) in [6.45, 7) is 18.9. The molecule has 0 atom stereocenters. The highest BCUT2D eigenvalue weighted by atomic mass is 15.1. The quantitative estimate of drug-likeness (QED) is 0.0349. The average molecular weight is 1260 g/mol. The Morgan fingerprint density at radius 3 is 0.948 bits per heavy atom. The van der Waals surface area contributed by atoms with Crippen LogP contribution < -0.4 is 4.90 Å². The average Bonchev–Trinajstić information content (AvgIpc) is 1.50. The van der Waals surface area contributed by atoms with Crippen molar-refractivity contribution in [3.63, 3.8) is 0 Å². The number of fused-ring (bicyclic) bond motifs is 11. The molecule has 0 bridgehead atoms. The van der Waals surface area contributed by atoms with Gasteiger partial charge in [-0.2, -0.15) is 0 Å². The molecule has 0 aromatic heterocycles. The minimum absolute atomic E-state index is 0.0505. The third kappa shape index (κ3) is 11.5. The van der Waals surface area contributed by atoms with Gasteiger partial charge < -0.3 is 4.90 Å². The van der Waals surface area contributed by atoms with Crippen LogP contribution in [0.25, 0.3) is 88.3 Å². The van der Waals surface area contributed by atoms with E-state index in [1.54, 1.807) is 11.1 Å². The zero-order chi connectivity index (χ0) is 66.0. The molecule has 0 saturated heterocycles. The second-order valence-corrected chi connectivity index (χ2v) is 29.5. The second-order valence-electron chi connectivity index (χ2n) is 29.5. The summed E-state index contributed by atoms with van der Waals surface area (Å²) in [4.78, 5) is 2.75. The van der Waals surface area contributed by atoms with Crippen molar-refractivity contribution in [1.29, 1.82) is 0 Å². The first-order chi connectivity index (χ1) is 47.1. The van der Waals surface area contributed by atoms with E-state index >= 15 is 0 Å². The molecule has 11 aromatic carbocycles. The van der Waals surface area contributed by atoms with E-state index in [2.05, 4.69) is 273 Å². The summed E-state index contributed by atoms with van der Waals surface area (Å²) in [5.41, 5.74) is 31.8. The molecule has 0 unspecified atom stereocenters. The van der Waals surface area contributed by atoms with Gasteiger partial charge in [0.05, 0.1) is 0 Å². The van der Waals surface area contributed by atoms with Gasteiger partial charge in [-0.15, -0.1) is 0 Å². The molecule has 0 spiro atoms. The molecular weight excluding hydrogens is 1160 g/mol. The zero-order valence-corrected chi connectivity index (χ0v) is 59.2. The van der Waals surface area contributed by atoms with Gasteiger partial charge in [0.15, 0.2) is 0 Å². The van der Waals surface area contributed by atoms with E-state index in [0.717, 1.165) is 12.8 Å². The second kappa shape index (κ2) is 28.1. The molecule has 0 radical (unpaired) electrons. The Morgan fingerprint density at radius 2 is 0.552 bits per heavy atom. The highest BCUT2D eigenvalue weighted by Gasteiger charge is 2.47. The number of nitrogens with zero attached hydrogens (tertiary/aromatic N) is 1. The first kappa shape index (κ1) is 65.0. The lowest BCUT2D eigenvalue weighted by molar-refractivity contribution is 0.401. The van der Waals surface area contributed by atoms with Crippen LogP contribution in [0.4, 0.5) is 17.1 Å². The summed E-state index contributed by atoms with van der Waals surface area (Å²) in [7, 11) is 0. The lowest BCUT2D eigenvalue weighted by Gasteiger charge is -2.36. The van der Waals surface area contributed by atoms with Gasteiger partial charge in [0.1, 0.15) is 0 Å². The molecule has 488 valence electrons. The summed E-state index contributed by atoms with van der Waals surface area (Å²) >= 11 is 0. The Bertz CT molecular complexity index is 4400. The summed E-state index contributed by atoms with van der Waals surface area (Å²) in [6, 6.07) is 84.7. The van der Waals surface area contributed by atoms with Gasteiger partial charge in [-0.25, -0.2) is 0 Å². The number of aryl methyl sites for hydroxylation is 2. The van der Waals surface area contributed by atoms with E-state index < -0.39 is 0 Å². The molecule has 14 rings (SSSR count). The lowest BCUT2D eigenvalue weighted by atomic mass is 9.70. The van der Waals surface area contributed by atoms with Crippen LogP contribution in [0.5, 0.6) is 0 Å². The molecule has 3 aliphatic rings. The molecule has 0 fully saturated rings. The van der Waals surface area contributed by atoms with Gasteiger partial charge in [-0.05, 0) is 223 Å².